The largest absolute Gasteiger partial charge is 0.270 e. The Morgan fingerprint density at radius 3 is 0.600 bits per heavy atom. The summed E-state index contributed by atoms with van der Waals surface area (Å²) in [6.45, 7) is 58.1. The molecule has 0 spiro atoms. The molecular formula is C73H100N2. The molecule has 2 heteroatoms. The van der Waals surface area contributed by atoms with E-state index >= 15 is 0 Å². The van der Waals surface area contributed by atoms with Crippen molar-refractivity contribution in [2.75, 3.05) is 6.67 Å². The average Bonchev–Trinajstić information content (AvgIpc) is 3.66. The lowest BCUT2D eigenvalue weighted by molar-refractivity contribution is 0.163. The van der Waals surface area contributed by atoms with Crippen molar-refractivity contribution in [2.45, 2.75) is 234 Å². The molecule has 6 aromatic carbocycles. The fraction of sp³-hybridized carbons (Fsp3) is 0.507. The van der Waals surface area contributed by atoms with Gasteiger partial charge in [0, 0.05) is 0 Å². The number of hydrogen-bond acceptors (Lipinski definition) is 2. The molecule has 6 aromatic rings. The van der Waals surface area contributed by atoms with Crippen LogP contribution in [0.1, 0.15) is 268 Å². The summed E-state index contributed by atoms with van der Waals surface area (Å²) in [5, 5.41) is 0. The van der Waals surface area contributed by atoms with E-state index in [4.69, 9.17) is 0 Å². The second-order valence-electron chi connectivity index (χ2n) is 31.1. The molecule has 0 amide bonds. The molecule has 1 aliphatic heterocycles. The molecule has 0 unspecified atom stereocenters. The predicted octanol–water partition coefficient (Wildman–Crippen LogP) is 20.0. The fourth-order valence-electron chi connectivity index (χ4n) is 11.1. The maximum atomic E-state index is 2.94. The molecule has 0 bridgehead atoms. The Kier molecular flexibility index (Phi) is 15.6. The van der Waals surface area contributed by atoms with E-state index < -0.39 is 0 Å². The molecule has 0 N–H and O–H groups in total. The van der Waals surface area contributed by atoms with Gasteiger partial charge >= 0.3 is 0 Å². The topological polar surface area (TPSA) is 6.48 Å². The lowest BCUT2D eigenvalue weighted by Gasteiger charge is -2.38. The SMILES string of the molecule is CC(C)(C)c1cc(C(c2cc(C(C)(C)C)cc(C(C)(C)C)c2)N2CN(C(c3cc(C(C)(C)C)cc(C(C)(C)C)c3)c3cc(C(C)(C)C)cc(C(C)(C)C)c3)[C@@H](c3ccccc3)[C@@H]2c2ccccc2)cc(C(C)(C)C)c1. The summed E-state index contributed by atoms with van der Waals surface area (Å²) in [5.74, 6) is 0. The van der Waals surface area contributed by atoms with Gasteiger partial charge in [-0.1, -0.05) is 300 Å². The zero-order chi connectivity index (χ0) is 55.8. The molecule has 1 heterocycles. The highest BCUT2D eigenvalue weighted by molar-refractivity contribution is 5.50. The van der Waals surface area contributed by atoms with Crippen LogP contribution in [-0.2, 0) is 43.3 Å². The minimum atomic E-state index is -0.101. The van der Waals surface area contributed by atoms with Crippen LogP contribution in [0.2, 0.25) is 0 Å². The molecule has 402 valence electrons. The van der Waals surface area contributed by atoms with E-state index in [0.717, 1.165) is 6.67 Å². The predicted molar refractivity (Wildman–Crippen MR) is 326 cm³/mol. The van der Waals surface area contributed by atoms with E-state index in [0.29, 0.717) is 0 Å². The Morgan fingerprint density at radius 1 is 0.267 bits per heavy atom. The standard InChI is InChI=1S/C73H100N2/c1-66(2,3)54-35-50(36-55(43-54)67(4,5)6)62(51-37-56(68(7,8)9)44-57(38-51)69(10,11)12)74-47-75(65(49-33-29-26-30-34-49)64(74)48-31-27-25-28-32-48)63(52-39-58(70(13,14)15)45-59(40-52)71(16,17)18)53-41-60(72(19,20)21)46-61(42-53)73(22,23)24/h25-46,62-65H,47H2,1-24H3/t64-,65-/m0/s1. The first kappa shape index (κ1) is 57.9. The van der Waals surface area contributed by atoms with Crippen molar-refractivity contribution in [1.82, 2.24) is 9.80 Å². The van der Waals surface area contributed by atoms with Gasteiger partial charge in [0.25, 0.3) is 0 Å². The highest BCUT2D eigenvalue weighted by Crippen LogP contribution is 2.55. The third-order valence-electron chi connectivity index (χ3n) is 16.3. The highest BCUT2D eigenvalue weighted by atomic mass is 15.4. The minimum absolute atomic E-state index is 0.0328. The van der Waals surface area contributed by atoms with Crippen LogP contribution in [-0.4, -0.2) is 16.5 Å². The summed E-state index contributed by atoms with van der Waals surface area (Å²) < 4.78 is 0. The van der Waals surface area contributed by atoms with Crippen LogP contribution in [0, 0.1) is 0 Å². The quantitative estimate of drug-likeness (QED) is 0.150. The zero-order valence-electron chi connectivity index (χ0n) is 51.6. The fourth-order valence-corrected chi connectivity index (χ4v) is 11.1. The van der Waals surface area contributed by atoms with Gasteiger partial charge in [-0.2, -0.15) is 0 Å². The first-order chi connectivity index (χ1) is 34.2. The Balaban J connectivity index is 1.71. The lowest BCUT2D eigenvalue weighted by Crippen LogP contribution is -2.35. The first-order valence-corrected chi connectivity index (χ1v) is 28.5. The third kappa shape index (κ3) is 13.0. The van der Waals surface area contributed by atoms with Gasteiger partial charge in [0.05, 0.1) is 30.8 Å². The molecule has 75 heavy (non-hydrogen) atoms. The molecule has 2 nitrogen and oxygen atoms in total. The van der Waals surface area contributed by atoms with E-state index in [9.17, 15) is 0 Å². The Labute approximate surface area is 459 Å². The molecule has 0 radical (unpaired) electrons. The van der Waals surface area contributed by atoms with Crippen molar-refractivity contribution in [3.05, 3.63) is 211 Å². The van der Waals surface area contributed by atoms with Crippen molar-refractivity contribution >= 4 is 0 Å². The summed E-state index contributed by atoms with van der Waals surface area (Å²) in [7, 11) is 0. The van der Waals surface area contributed by atoms with E-state index in [1.165, 1.54) is 77.9 Å². The van der Waals surface area contributed by atoms with Crippen LogP contribution in [0.5, 0.6) is 0 Å². The molecule has 2 atom stereocenters. The Hall–Kier alpha value is -4.76. The number of nitrogens with zero attached hydrogens (tertiary/aromatic N) is 2. The second kappa shape index (κ2) is 20.2. The van der Waals surface area contributed by atoms with Gasteiger partial charge < -0.3 is 0 Å². The van der Waals surface area contributed by atoms with Crippen LogP contribution in [0.3, 0.4) is 0 Å². The van der Waals surface area contributed by atoms with Crippen LogP contribution in [0.25, 0.3) is 0 Å². The average molecular weight is 1010 g/mol. The smallest absolute Gasteiger partial charge is 0.0620 e. The lowest BCUT2D eigenvalue weighted by atomic mass is 9.76. The van der Waals surface area contributed by atoms with Gasteiger partial charge in [-0.3, -0.25) is 9.80 Å². The van der Waals surface area contributed by atoms with Crippen LogP contribution >= 0.6 is 0 Å². The van der Waals surface area contributed by atoms with Crippen LogP contribution < -0.4 is 0 Å². The van der Waals surface area contributed by atoms with Crippen molar-refractivity contribution in [2.24, 2.45) is 0 Å². The monoisotopic (exact) mass is 1000 g/mol. The molecule has 7 rings (SSSR count). The molecule has 0 saturated carbocycles. The van der Waals surface area contributed by atoms with Gasteiger partial charge in [0.1, 0.15) is 0 Å². The minimum Gasteiger partial charge on any atom is -0.270 e. The van der Waals surface area contributed by atoms with Crippen molar-refractivity contribution in [1.29, 1.82) is 0 Å². The third-order valence-corrected chi connectivity index (χ3v) is 16.3. The van der Waals surface area contributed by atoms with E-state index in [1.54, 1.807) is 0 Å². The highest BCUT2D eigenvalue weighted by Gasteiger charge is 2.49. The Morgan fingerprint density at radius 2 is 0.440 bits per heavy atom. The second-order valence-corrected chi connectivity index (χ2v) is 31.1. The molecule has 1 fully saturated rings. The molecule has 0 aromatic heterocycles. The number of benzene rings is 6. The molecule has 0 aliphatic carbocycles. The van der Waals surface area contributed by atoms with Gasteiger partial charge in [-0.15, -0.1) is 0 Å². The molecular weight excluding hydrogens is 905 g/mol. The van der Waals surface area contributed by atoms with Gasteiger partial charge in [0.15, 0.2) is 0 Å². The maximum Gasteiger partial charge on any atom is 0.0620 e. The Bertz CT molecular complexity index is 2450. The number of hydrogen-bond donors (Lipinski definition) is 0. The zero-order valence-corrected chi connectivity index (χ0v) is 51.6. The normalized spacial score (nSPS) is 17.1. The summed E-state index contributed by atoms with van der Waals surface area (Å²) in [5.41, 5.74) is 18.6. The van der Waals surface area contributed by atoms with Crippen molar-refractivity contribution < 1.29 is 0 Å². The van der Waals surface area contributed by atoms with Crippen molar-refractivity contribution in [3.8, 4) is 0 Å². The molecule has 1 aliphatic rings. The van der Waals surface area contributed by atoms with Gasteiger partial charge in [-0.05, 0) is 121 Å². The summed E-state index contributed by atoms with van der Waals surface area (Å²) in [6, 6.07) is 53.6. The molecule has 1 saturated heterocycles. The van der Waals surface area contributed by atoms with Crippen LogP contribution in [0.15, 0.2) is 133 Å². The maximum absolute atomic E-state index is 2.94. The van der Waals surface area contributed by atoms with E-state index in [2.05, 4.69) is 309 Å². The summed E-state index contributed by atoms with van der Waals surface area (Å²) in [6.07, 6.45) is 0. The van der Waals surface area contributed by atoms with Gasteiger partial charge in [0.2, 0.25) is 0 Å². The summed E-state index contributed by atoms with van der Waals surface area (Å²) in [4.78, 5) is 5.89. The van der Waals surface area contributed by atoms with E-state index in [-0.39, 0.29) is 67.5 Å². The van der Waals surface area contributed by atoms with Gasteiger partial charge in [-0.25, -0.2) is 0 Å². The first-order valence-electron chi connectivity index (χ1n) is 28.5. The summed E-state index contributed by atoms with van der Waals surface area (Å²) >= 11 is 0. The van der Waals surface area contributed by atoms with E-state index in [1.807, 2.05) is 0 Å². The van der Waals surface area contributed by atoms with Crippen LogP contribution in [0.4, 0.5) is 0 Å². The van der Waals surface area contributed by atoms with Crippen molar-refractivity contribution in [3.63, 3.8) is 0 Å². The number of rotatable bonds is 8.